The van der Waals surface area contributed by atoms with Crippen LogP contribution in [0.3, 0.4) is 0 Å². The number of anilines is 2. The van der Waals surface area contributed by atoms with Gasteiger partial charge in [0.15, 0.2) is 0 Å². The molecule has 0 atom stereocenters. The Morgan fingerprint density at radius 1 is 1.25 bits per heavy atom. The van der Waals surface area contributed by atoms with E-state index < -0.39 is 6.03 Å². The molecular formula is C16H20ClN9OS. The molecule has 0 unspecified atom stereocenters. The van der Waals surface area contributed by atoms with Crippen LogP contribution < -0.4 is 27.5 Å². The standard InChI is InChI=1S/C16H20ClN9OS/c17-10-2-3-11-12(4-7-21-13(11)8-10)20-5-1-6-22-15-24-25(9-23-14(18)27)16(28)26(15)19/h2-4,7-8H,1,5-6,9,19H2,(H,20,21)(H,22,24)(H3,18,23,27). The number of amides is 2. The van der Waals surface area contributed by atoms with Crippen LogP contribution in [0.4, 0.5) is 16.4 Å². The topological polar surface area (TPSA) is 141 Å². The maximum atomic E-state index is 10.8. The van der Waals surface area contributed by atoms with Crippen molar-refractivity contribution in [3.05, 3.63) is 40.3 Å². The first-order chi connectivity index (χ1) is 13.5. The molecule has 28 heavy (non-hydrogen) atoms. The average Bonchev–Trinajstić information content (AvgIpc) is 2.93. The van der Waals surface area contributed by atoms with Crippen LogP contribution in [0.15, 0.2) is 30.5 Å². The fourth-order valence-electron chi connectivity index (χ4n) is 2.58. The summed E-state index contributed by atoms with van der Waals surface area (Å²) < 4.78 is 2.87. The molecule has 2 amide bonds. The van der Waals surface area contributed by atoms with Gasteiger partial charge in [-0.2, -0.15) is 0 Å². The second-order valence-electron chi connectivity index (χ2n) is 5.90. The lowest BCUT2D eigenvalue weighted by Crippen LogP contribution is -2.31. The average molecular weight is 422 g/mol. The van der Waals surface area contributed by atoms with E-state index in [0.29, 0.717) is 17.5 Å². The molecule has 0 aliphatic carbocycles. The molecule has 0 aliphatic heterocycles. The molecule has 0 bridgehead atoms. The zero-order valence-electron chi connectivity index (χ0n) is 14.9. The number of nitrogen functional groups attached to an aromatic ring is 1. The fourth-order valence-corrected chi connectivity index (χ4v) is 2.94. The van der Waals surface area contributed by atoms with Crippen LogP contribution in [0.5, 0.6) is 0 Å². The van der Waals surface area contributed by atoms with E-state index in [1.807, 2.05) is 24.3 Å². The van der Waals surface area contributed by atoms with Gasteiger partial charge in [0, 0.05) is 35.4 Å². The van der Waals surface area contributed by atoms with Gasteiger partial charge in [-0.15, -0.1) is 5.10 Å². The van der Waals surface area contributed by atoms with Crippen LogP contribution in [0, 0.1) is 4.77 Å². The van der Waals surface area contributed by atoms with Gasteiger partial charge < -0.3 is 27.5 Å². The van der Waals surface area contributed by atoms with Crippen molar-refractivity contribution >= 4 is 52.4 Å². The SMILES string of the molecule is NC(=O)NCn1nc(NCCCNc2ccnc3cc(Cl)ccc23)n(N)c1=S. The van der Waals surface area contributed by atoms with E-state index in [0.717, 1.165) is 29.6 Å². The van der Waals surface area contributed by atoms with Crippen LogP contribution in [0.2, 0.25) is 5.02 Å². The summed E-state index contributed by atoms with van der Waals surface area (Å²) in [6.45, 7) is 1.39. The Hall–Kier alpha value is -3.05. The highest BCUT2D eigenvalue weighted by molar-refractivity contribution is 7.71. The molecule has 0 radical (unpaired) electrons. The molecule has 0 spiro atoms. The highest BCUT2D eigenvalue weighted by atomic mass is 35.5. The van der Waals surface area contributed by atoms with Crippen LogP contribution in [0.25, 0.3) is 10.9 Å². The Labute approximate surface area is 170 Å². The second kappa shape index (κ2) is 8.76. The summed E-state index contributed by atoms with van der Waals surface area (Å²) in [6, 6.07) is 6.88. The van der Waals surface area contributed by atoms with Gasteiger partial charge in [0.1, 0.15) is 6.67 Å². The molecule has 7 N–H and O–H groups in total. The Kier molecular flexibility index (Phi) is 6.16. The monoisotopic (exact) mass is 421 g/mol. The van der Waals surface area contributed by atoms with Crippen molar-refractivity contribution in [1.82, 2.24) is 24.8 Å². The number of fused-ring (bicyclic) bond motifs is 1. The second-order valence-corrected chi connectivity index (χ2v) is 6.70. The van der Waals surface area contributed by atoms with Crippen LogP contribution >= 0.6 is 23.8 Å². The summed E-state index contributed by atoms with van der Waals surface area (Å²) in [5.41, 5.74) is 6.87. The number of aromatic nitrogens is 4. The predicted octanol–water partition coefficient (Wildman–Crippen LogP) is 1.87. The van der Waals surface area contributed by atoms with Gasteiger partial charge in [-0.3, -0.25) is 4.98 Å². The molecule has 0 saturated heterocycles. The number of carbonyl (C=O) groups excluding carboxylic acids is 1. The summed E-state index contributed by atoms with van der Waals surface area (Å²) in [6.07, 6.45) is 2.55. The zero-order chi connectivity index (χ0) is 20.1. The molecule has 3 rings (SSSR count). The first-order valence-electron chi connectivity index (χ1n) is 8.46. The lowest BCUT2D eigenvalue weighted by Gasteiger charge is -2.10. The number of urea groups is 1. The number of rotatable bonds is 8. The van der Waals surface area contributed by atoms with Gasteiger partial charge in [-0.05, 0) is 42.9 Å². The number of nitrogens with zero attached hydrogens (tertiary/aromatic N) is 4. The van der Waals surface area contributed by atoms with E-state index in [1.165, 1.54) is 9.36 Å². The number of halogens is 1. The van der Waals surface area contributed by atoms with Crippen molar-refractivity contribution in [1.29, 1.82) is 0 Å². The number of nitrogens with two attached hydrogens (primary N) is 2. The number of nitrogens with one attached hydrogen (secondary N) is 3. The maximum absolute atomic E-state index is 10.8. The normalized spacial score (nSPS) is 10.8. The third kappa shape index (κ3) is 4.61. The summed E-state index contributed by atoms with van der Waals surface area (Å²) >= 11 is 11.2. The molecular weight excluding hydrogens is 402 g/mol. The van der Waals surface area contributed by atoms with Crippen molar-refractivity contribution < 1.29 is 4.79 Å². The number of pyridine rings is 1. The van der Waals surface area contributed by atoms with E-state index in [2.05, 4.69) is 26.0 Å². The summed E-state index contributed by atoms with van der Waals surface area (Å²) in [5.74, 6) is 6.28. The Balaban J connectivity index is 1.52. The van der Waals surface area contributed by atoms with E-state index in [9.17, 15) is 4.79 Å². The number of benzene rings is 1. The molecule has 148 valence electrons. The quantitative estimate of drug-likeness (QED) is 0.212. The Morgan fingerprint density at radius 3 is 2.82 bits per heavy atom. The van der Waals surface area contributed by atoms with Crippen LogP contribution in [-0.4, -0.2) is 38.6 Å². The van der Waals surface area contributed by atoms with E-state index in [4.69, 9.17) is 35.4 Å². The summed E-state index contributed by atoms with van der Waals surface area (Å²) in [4.78, 5) is 15.1. The number of hydrogen-bond donors (Lipinski definition) is 5. The minimum absolute atomic E-state index is 0.0493. The lowest BCUT2D eigenvalue weighted by atomic mass is 10.2. The third-order valence-electron chi connectivity index (χ3n) is 3.93. The van der Waals surface area contributed by atoms with Crippen LogP contribution in [0.1, 0.15) is 6.42 Å². The predicted molar refractivity (Wildman–Crippen MR) is 112 cm³/mol. The molecule has 2 aromatic heterocycles. The molecule has 0 aliphatic rings. The minimum Gasteiger partial charge on any atom is -0.384 e. The number of hydrogen-bond acceptors (Lipinski definition) is 7. The van der Waals surface area contributed by atoms with Crippen molar-refractivity contribution in [2.45, 2.75) is 13.1 Å². The molecule has 3 aromatic rings. The van der Waals surface area contributed by atoms with E-state index in [1.54, 1.807) is 6.20 Å². The number of primary amides is 1. The van der Waals surface area contributed by atoms with E-state index in [-0.39, 0.29) is 11.4 Å². The largest absolute Gasteiger partial charge is 0.384 e. The van der Waals surface area contributed by atoms with Gasteiger partial charge in [0.25, 0.3) is 0 Å². The van der Waals surface area contributed by atoms with Crippen molar-refractivity contribution in [3.8, 4) is 0 Å². The van der Waals surface area contributed by atoms with Crippen molar-refractivity contribution in [2.24, 2.45) is 5.73 Å². The third-order valence-corrected chi connectivity index (χ3v) is 4.57. The van der Waals surface area contributed by atoms with Crippen molar-refractivity contribution in [2.75, 3.05) is 29.6 Å². The smallest absolute Gasteiger partial charge is 0.313 e. The molecule has 12 heteroatoms. The highest BCUT2D eigenvalue weighted by Crippen LogP contribution is 2.24. The summed E-state index contributed by atoms with van der Waals surface area (Å²) in [5, 5.41) is 14.8. The highest BCUT2D eigenvalue weighted by Gasteiger charge is 2.08. The zero-order valence-corrected chi connectivity index (χ0v) is 16.4. The van der Waals surface area contributed by atoms with E-state index >= 15 is 0 Å². The van der Waals surface area contributed by atoms with Gasteiger partial charge in [0.05, 0.1) is 5.52 Å². The Bertz CT molecular complexity index is 1050. The number of carbonyl (C=O) groups is 1. The Morgan fingerprint density at radius 2 is 2.04 bits per heavy atom. The molecule has 10 nitrogen and oxygen atoms in total. The van der Waals surface area contributed by atoms with Crippen LogP contribution in [-0.2, 0) is 6.67 Å². The molecule has 0 fully saturated rings. The van der Waals surface area contributed by atoms with Gasteiger partial charge in [-0.1, -0.05) is 11.6 Å². The first-order valence-corrected chi connectivity index (χ1v) is 9.24. The van der Waals surface area contributed by atoms with Gasteiger partial charge >= 0.3 is 6.03 Å². The molecule has 2 heterocycles. The van der Waals surface area contributed by atoms with Gasteiger partial charge in [0.2, 0.25) is 10.7 Å². The summed E-state index contributed by atoms with van der Waals surface area (Å²) in [7, 11) is 0. The van der Waals surface area contributed by atoms with Gasteiger partial charge in [-0.25, -0.2) is 14.2 Å². The molecule has 1 aromatic carbocycles. The lowest BCUT2D eigenvalue weighted by molar-refractivity contribution is 0.245. The minimum atomic E-state index is -0.667. The van der Waals surface area contributed by atoms with Crippen molar-refractivity contribution in [3.63, 3.8) is 0 Å². The maximum Gasteiger partial charge on any atom is 0.313 e. The molecule has 0 saturated carbocycles. The fraction of sp³-hybridized carbons (Fsp3) is 0.250. The first kappa shape index (κ1) is 19.7.